The molecule has 1 aliphatic rings. The Kier molecular flexibility index (Phi) is 4.96. The van der Waals surface area contributed by atoms with E-state index in [1.807, 2.05) is 30.3 Å². The van der Waals surface area contributed by atoms with E-state index in [4.69, 9.17) is 21.1 Å². The number of amides is 2. The van der Waals surface area contributed by atoms with Gasteiger partial charge in [-0.1, -0.05) is 30.3 Å². The zero-order valence-electron chi connectivity index (χ0n) is 12.9. The van der Waals surface area contributed by atoms with Gasteiger partial charge in [-0.25, -0.2) is 14.5 Å². The second kappa shape index (κ2) is 6.57. The third-order valence-electron chi connectivity index (χ3n) is 3.24. The van der Waals surface area contributed by atoms with Crippen molar-refractivity contribution >= 4 is 23.8 Å². The van der Waals surface area contributed by atoms with Gasteiger partial charge in [-0.3, -0.25) is 0 Å². The molecule has 1 aromatic carbocycles. The molecule has 0 radical (unpaired) electrons. The van der Waals surface area contributed by atoms with Gasteiger partial charge in [0.1, 0.15) is 11.7 Å². The van der Waals surface area contributed by atoms with Crippen LogP contribution in [0.4, 0.5) is 9.59 Å². The number of nitrogens with zero attached hydrogens (tertiary/aromatic N) is 1. The van der Waals surface area contributed by atoms with Gasteiger partial charge in [0.2, 0.25) is 0 Å². The van der Waals surface area contributed by atoms with Crippen molar-refractivity contribution in [3.63, 3.8) is 0 Å². The SMILES string of the molecule is CC(C)(C)OC(=O)N1C(=O)O[C@@H](CCl)[C@@H]1Cc1ccccc1. The van der Waals surface area contributed by atoms with Crippen molar-refractivity contribution in [3.05, 3.63) is 35.9 Å². The maximum absolute atomic E-state index is 12.3. The molecule has 1 fully saturated rings. The Hall–Kier alpha value is -1.75. The van der Waals surface area contributed by atoms with Gasteiger partial charge in [0.05, 0.1) is 11.9 Å². The molecule has 1 saturated heterocycles. The fraction of sp³-hybridized carbons (Fsp3) is 0.500. The number of halogens is 1. The highest BCUT2D eigenvalue weighted by Gasteiger charge is 2.46. The molecule has 0 spiro atoms. The molecule has 1 heterocycles. The number of cyclic esters (lactones) is 1. The molecule has 0 aromatic heterocycles. The van der Waals surface area contributed by atoms with Crippen LogP contribution < -0.4 is 0 Å². The number of alkyl halides is 1. The predicted molar refractivity (Wildman–Crippen MR) is 83.0 cm³/mol. The summed E-state index contributed by atoms with van der Waals surface area (Å²) in [5, 5.41) is 0. The molecule has 2 rings (SSSR count). The maximum Gasteiger partial charge on any atom is 0.420 e. The fourth-order valence-electron chi connectivity index (χ4n) is 2.30. The summed E-state index contributed by atoms with van der Waals surface area (Å²) in [6.45, 7) is 5.24. The minimum absolute atomic E-state index is 0.128. The highest BCUT2D eigenvalue weighted by atomic mass is 35.5. The van der Waals surface area contributed by atoms with Gasteiger partial charge < -0.3 is 9.47 Å². The summed E-state index contributed by atoms with van der Waals surface area (Å²) in [5.74, 6) is 0.128. The molecule has 1 aliphatic heterocycles. The molecular formula is C16H20ClNO4. The summed E-state index contributed by atoms with van der Waals surface area (Å²) < 4.78 is 10.5. The van der Waals surface area contributed by atoms with Crippen LogP contribution in [0.5, 0.6) is 0 Å². The van der Waals surface area contributed by atoms with E-state index in [0.29, 0.717) is 6.42 Å². The third-order valence-corrected chi connectivity index (χ3v) is 3.54. The molecule has 6 heteroatoms. The lowest BCUT2D eigenvalue weighted by molar-refractivity contribution is 0.0288. The lowest BCUT2D eigenvalue weighted by atomic mass is 10.0. The maximum atomic E-state index is 12.3. The molecule has 0 bridgehead atoms. The summed E-state index contributed by atoms with van der Waals surface area (Å²) in [7, 11) is 0. The predicted octanol–water partition coefficient (Wildman–Crippen LogP) is 3.59. The van der Waals surface area contributed by atoms with Crippen molar-refractivity contribution in [1.82, 2.24) is 4.90 Å². The van der Waals surface area contributed by atoms with Crippen molar-refractivity contribution in [1.29, 1.82) is 0 Å². The highest BCUT2D eigenvalue weighted by molar-refractivity contribution is 6.18. The van der Waals surface area contributed by atoms with Gasteiger partial charge in [0, 0.05) is 0 Å². The van der Waals surface area contributed by atoms with Crippen LogP contribution in [0.15, 0.2) is 30.3 Å². The largest absolute Gasteiger partial charge is 0.443 e. The van der Waals surface area contributed by atoms with Crippen LogP contribution in [-0.2, 0) is 15.9 Å². The van der Waals surface area contributed by atoms with Gasteiger partial charge >= 0.3 is 12.2 Å². The Morgan fingerprint density at radius 1 is 1.32 bits per heavy atom. The van der Waals surface area contributed by atoms with E-state index in [9.17, 15) is 9.59 Å². The average molecular weight is 326 g/mol. The number of carbonyl (C=O) groups is 2. The Morgan fingerprint density at radius 2 is 1.95 bits per heavy atom. The van der Waals surface area contributed by atoms with Crippen molar-refractivity contribution in [2.75, 3.05) is 5.88 Å². The zero-order chi connectivity index (χ0) is 16.3. The second-order valence-corrected chi connectivity index (χ2v) is 6.49. The van der Waals surface area contributed by atoms with Crippen molar-refractivity contribution < 1.29 is 19.1 Å². The summed E-state index contributed by atoms with van der Waals surface area (Å²) in [6, 6.07) is 9.11. The molecule has 22 heavy (non-hydrogen) atoms. The van der Waals surface area contributed by atoms with Gasteiger partial charge in [-0.2, -0.15) is 0 Å². The van der Waals surface area contributed by atoms with Gasteiger partial charge in [0.15, 0.2) is 0 Å². The zero-order valence-corrected chi connectivity index (χ0v) is 13.7. The number of carbonyl (C=O) groups excluding carboxylic acids is 2. The smallest absolute Gasteiger partial charge is 0.420 e. The second-order valence-electron chi connectivity index (χ2n) is 6.18. The Bertz CT molecular complexity index is 541. The van der Waals surface area contributed by atoms with Crippen LogP contribution in [0.25, 0.3) is 0 Å². The van der Waals surface area contributed by atoms with E-state index in [1.54, 1.807) is 20.8 Å². The monoisotopic (exact) mass is 325 g/mol. The molecule has 2 atom stereocenters. The molecule has 0 aliphatic carbocycles. The van der Waals surface area contributed by atoms with Crippen LogP contribution in [0, 0.1) is 0 Å². The Morgan fingerprint density at radius 3 is 2.50 bits per heavy atom. The molecule has 0 saturated carbocycles. The summed E-state index contributed by atoms with van der Waals surface area (Å²) >= 11 is 5.88. The third kappa shape index (κ3) is 3.91. The molecule has 0 unspecified atom stereocenters. The molecule has 120 valence electrons. The van der Waals surface area contributed by atoms with E-state index in [2.05, 4.69) is 0 Å². The van der Waals surface area contributed by atoms with Crippen molar-refractivity contribution in [2.45, 2.75) is 44.9 Å². The Balaban J connectivity index is 2.21. The van der Waals surface area contributed by atoms with E-state index < -0.39 is 29.9 Å². The fourth-order valence-corrected chi connectivity index (χ4v) is 2.57. The number of hydrogen-bond acceptors (Lipinski definition) is 4. The number of imide groups is 1. The number of hydrogen-bond donors (Lipinski definition) is 0. The summed E-state index contributed by atoms with van der Waals surface area (Å²) in [4.78, 5) is 25.3. The standard InChI is InChI=1S/C16H20ClNO4/c1-16(2,3)22-15(20)18-12(13(10-17)21-14(18)19)9-11-7-5-4-6-8-11/h4-8,12-13H,9-10H2,1-3H3/t12-,13-/m0/s1. The molecule has 2 amide bonds. The Labute approximate surface area is 135 Å². The lowest BCUT2D eigenvalue weighted by Crippen LogP contribution is -2.45. The molecular weight excluding hydrogens is 306 g/mol. The quantitative estimate of drug-likeness (QED) is 0.797. The summed E-state index contributed by atoms with van der Waals surface area (Å²) in [6.07, 6.45) is -1.47. The molecule has 1 aromatic rings. The van der Waals surface area contributed by atoms with E-state index in [1.165, 1.54) is 0 Å². The first-order chi connectivity index (χ1) is 10.3. The lowest BCUT2D eigenvalue weighted by Gasteiger charge is -2.26. The number of ether oxygens (including phenoxy) is 2. The first-order valence-corrected chi connectivity index (χ1v) is 7.68. The first-order valence-electron chi connectivity index (χ1n) is 7.14. The van der Waals surface area contributed by atoms with Crippen LogP contribution in [0.3, 0.4) is 0 Å². The van der Waals surface area contributed by atoms with Gasteiger partial charge in [-0.05, 0) is 32.8 Å². The number of benzene rings is 1. The van der Waals surface area contributed by atoms with E-state index >= 15 is 0 Å². The highest BCUT2D eigenvalue weighted by Crippen LogP contribution is 2.26. The van der Waals surface area contributed by atoms with E-state index in [-0.39, 0.29) is 5.88 Å². The van der Waals surface area contributed by atoms with Crippen LogP contribution in [0.1, 0.15) is 26.3 Å². The topological polar surface area (TPSA) is 55.8 Å². The molecule has 0 N–H and O–H groups in total. The minimum atomic E-state index is -0.708. The van der Waals surface area contributed by atoms with Crippen LogP contribution in [-0.4, -0.2) is 40.7 Å². The van der Waals surface area contributed by atoms with Crippen molar-refractivity contribution in [3.8, 4) is 0 Å². The van der Waals surface area contributed by atoms with E-state index in [0.717, 1.165) is 10.5 Å². The summed E-state index contributed by atoms with van der Waals surface area (Å²) in [5.41, 5.74) is 0.308. The van der Waals surface area contributed by atoms with Crippen molar-refractivity contribution in [2.24, 2.45) is 0 Å². The normalized spacial score (nSPS) is 21.6. The number of rotatable bonds is 3. The average Bonchev–Trinajstić information content (AvgIpc) is 2.74. The van der Waals surface area contributed by atoms with Crippen LogP contribution >= 0.6 is 11.6 Å². The van der Waals surface area contributed by atoms with Crippen LogP contribution in [0.2, 0.25) is 0 Å². The molecule has 5 nitrogen and oxygen atoms in total. The van der Waals surface area contributed by atoms with Gasteiger partial charge in [0.25, 0.3) is 0 Å². The first kappa shape index (κ1) is 16.6. The van der Waals surface area contributed by atoms with Gasteiger partial charge in [-0.15, -0.1) is 11.6 Å². The minimum Gasteiger partial charge on any atom is -0.443 e.